The van der Waals surface area contributed by atoms with Crippen LogP contribution < -0.4 is 10.2 Å². The van der Waals surface area contributed by atoms with Crippen molar-refractivity contribution >= 4 is 57.8 Å². The lowest BCUT2D eigenvalue weighted by molar-refractivity contribution is -0.118. The number of nitrogens with one attached hydrogen (secondary N) is 1. The first-order valence-electron chi connectivity index (χ1n) is 9.73. The number of carbonyl (C=O) groups excluding carboxylic acids is 1. The Hall–Kier alpha value is -2.88. The maximum atomic E-state index is 12.0. The van der Waals surface area contributed by atoms with E-state index in [9.17, 15) is 4.79 Å². The minimum absolute atomic E-state index is 0.195. The Bertz CT molecular complexity index is 1220. The monoisotopic (exact) mass is 480 g/mol. The summed E-state index contributed by atoms with van der Waals surface area (Å²) in [6.45, 7) is 0. The molecule has 1 heterocycles. The summed E-state index contributed by atoms with van der Waals surface area (Å²) in [7, 11) is 1.62. The minimum Gasteiger partial charge on any atom is -0.497 e. The number of carbonyl (C=O) groups is 1. The topological polar surface area (TPSA) is 76.5 Å². The van der Waals surface area contributed by atoms with Crippen LogP contribution in [-0.2, 0) is 10.5 Å². The normalized spacial score (nSPS) is 11.2. The van der Waals surface area contributed by atoms with Gasteiger partial charge in [0.25, 0.3) is 5.91 Å². The van der Waals surface area contributed by atoms with Gasteiger partial charge in [-0.15, -0.1) is 10.2 Å². The van der Waals surface area contributed by atoms with Crippen LogP contribution in [0.1, 0.15) is 11.1 Å². The zero-order valence-corrected chi connectivity index (χ0v) is 19.7. The Kier molecular flexibility index (Phi) is 7.76. The highest BCUT2D eigenvalue weighted by Gasteiger charge is 2.09. The smallest absolute Gasteiger partial charge is 0.250 e. The Morgan fingerprint density at radius 2 is 1.78 bits per heavy atom. The van der Waals surface area contributed by atoms with Gasteiger partial charge in [0, 0.05) is 5.75 Å². The molecule has 1 aromatic heterocycles. The highest BCUT2D eigenvalue weighted by Crippen LogP contribution is 2.32. The lowest BCUT2D eigenvalue weighted by Gasteiger charge is -2.04. The second-order valence-corrected chi connectivity index (χ2v) is 10.0. The van der Waals surface area contributed by atoms with E-state index in [-0.39, 0.29) is 11.7 Å². The van der Waals surface area contributed by atoms with E-state index in [1.165, 1.54) is 39.4 Å². The molecule has 0 aliphatic rings. The van der Waals surface area contributed by atoms with Crippen LogP contribution in [0.25, 0.3) is 10.8 Å². The van der Waals surface area contributed by atoms with Crippen LogP contribution in [0.4, 0.5) is 0 Å². The first-order chi connectivity index (χ1) is 15.7. The highest BCUT2D eigenvalue weighted by molar-refractivity contribution is 8.03. The van der Waals surface area contributed by atoms with Crippen LogP contribution in [0.3, 0.4) is 0 Å². The zero-order valence-electron chi connectivity index (χ0n) is 17.2. The van der Waals surface area contributed by atoms with Gasteiger partial charge in [-0.2, -0.15) is 5.10 Å². The lowest BCUT2D eigenvalue weighted by Crippen LogP contribution is -2.19. The van der Waals surface area contributed by atoms with E-state index < -0.39 is 0 Å². The Balaban J connectivity index is 1.24. The Labute approximate surface area is 198 Å². The van der Waals surface area contributed by atoms with Crippen molar-refractivity contribution in [2.24, 2.45) is 5.10 Å². The van der Waals surface area contributed by atoms with Crippen LogP contribution in [-0.4, -0.2) is 35.2 Å². The van der Waals surface area contributed by atoms with E-state index in [2.05, 4.69) is 57.1 Å². The molecule has 3 aromatic carbocycles. The molecule has 0 saturated heterocycles. The van der Waals surface area contributed by atoms with Crippen LogP contribution in [0.5, 0.6) is 5.75 Å². The van der Waals surface area contributed by atoms with E-state index in [0.717, 1.165) is 25.7 Å². The molecule has 6 nitrogen and oxygen atoms in total. The average molecular weight is 481 g/mol. The molecule has 4 aromatic rings. The fraction of sp³-hybridized carbons (Fsp3) is 0.130. The number of aromatic nitrogens is 2. The van der Waals surface area contributed by atoms with Crippen LogP contribution in [0, 0.1) is 0 Å². The molecule has 0 aliphatic carbocycles. The van der Waals surface area contributed by atoms with Gasteiger partial charge >= 0.3 is 0 Å². The summed E-state index contributed by atoms with van der Waals surface area (Å²) >= 11 is 4.51. The third kappa shape index (κ3) is 6.09. The molecule has 0 spiro atoms. The summed E-state index contributed by atoms with van der Waals surface area (Å²) < 4.78 is 6.76. The fourth-order valence-electron chi connectivity index (χ4n) is 2.90. The molecule has 0 saturated carbocycles. The third-order valence-corrected chi connectivity index (χ3v) is 7.70. The number of rotatable bonds is 9. The molecule has 0 fully saturated rings. The molecule has 0 atom stereocenters. The predicted molar refractivity (Wildman–Crippen MR) is 133 cm³/mol. The van der Waals surface area contributed by atoms with E-state index in [0.29, 0.717) is 0 Å². The number of fused-ring (bicyclic) bond motifs is 1. The van der Waals surface area contributed by atoms with E-state index in [1.807, 2.05) is 30.3 Å². The summed E-state index contributed by atoms with van der Waals surface area (Å²) in [5.74, 6) is 1.62. The number of hydrogen-bond acceptors (Lipinski definition) is 8. The van der Waals surface area contributed by atoms with Gasteiger partial charge in [-0.1, -0.05) is 77.3 Å². The summed E-state index contributed by atoms with van der Waals surface area (Å²) in [5.41, 5.74) is 4.67. The summed E-state index contributed by atoms with van der Waals surface area (Å²) in [4.78, 5) is 12.0. The number of hydrazone groups is 1. The van der Waals surface area contributed by atoms with Crippen LogP contribution in [0.15, 0.2) is 80.5 Å². The molecule has 162 valence electrons. The number of hydrogen-bond donors (Lipinski definition) is 1. The molecule has 1 N–H and O–H groups in total. The van der Waals surface area contributed by atoms with E-state index in [4.69, 9.17) is 4.74 Å². The first-order valence-corrected chi connectivity index (χ1v) is 12.5. The van der Waals surface area contributed by atoms with Crippen molar-refractivity contribution in [1.82, 2.24) is 15.6 Å². The predicted octanol–water partition coefficient (Wildman–Crippen LogP) is 5.23. The van der Waals surface area contributed by atoms with Gasteiger partial charge in [0.15, 0.2) is 8.68 Å². The van der Waals surface area contributed by atoms with Gasteiger partial charge in [-0.25, -0.2) is 5.43 Å². The van der Waals surface area contributed by atoms with Gasteiger partial charge in [-0.05, 0) is 46.2 Å². The second-order valence-electron chi connectivity index (χ2n) is 6.62. The maximum absolute atomic E-state index is 12.0. The standard InChI is InChI=1S/C23H20N4O2S3/c1-29-19-11-9-16(10-12-19)13-24-25-21(28)15-31-23-27-26-22(32-23)30-14-18-7-4-6-17-5-2-3-8-20(17)18/h2-13H,14-15H2,1H3,(H,25,28)/b24-13+. The first kappa shape index (κ1) is 22.3. The van der Waals surface area contributed by atoms with Gasteiger partial charge in [0.05, 0.1) is 19.1 Å². The largest absolute Gasteiger partial charge is 0.497 e. The fourth-order valence-corrected chi connectivity index (χ4v) is 5.72. The molecule has 0 unspecified atom stereocenters. The molecule has 9 heteroatoms. The summed E-state index contributed by atoms with van der Waals surface area (Å²) in [5, 5.41) is 14.9. The highest BCUT2D eigenvalue weighted by atomic mass is 32.2. The molecule has 1 amide bonds. The zero-order chi connectivity index (χ0) is 22.2. The van der Waals surface area contributed by atoms with Crippen LogP contribution in [0.2, 0.25) is 0 Å². The molecule has 4 rings (SSSR count). The van der Waals surface area contributed by atoms with Crippen molar-refractivity contribution in [2.75, 3.05) is 12.9 Å². The molecular formula is C23H20N4O2S3. The number of ether oxygens (including phenoxy) is 1. The molecular weight excluding hydrogens is 460 g/mol. The summed E-state index contributed by atoms with van der Waals surface area (Å²) in [6, 6.07) is 22.1. The number of methoxy groups -OCH3 is 1. The van der Waals surface area contributed by atoms with Crippen molar-refractivity contribution in [3.05, 3.63) is 77.9 Å². The molecule has 0 aliphatic heterocycles. The van der Waals surface area contributed by atoms with Gasteiger partial charge in [-0.3, -0.25) is 4.79 Å². The molecule has 0 radical (unpaired) electrons. The number of nitrogens with zero attached hydrogens (tertiary/aromatic N) is 3. The van der Waals surface area contributed by atoms with Crippen molar-refractivity contribution < 1.29 is 9.53 Å². The lowest BCUT2D eigenvalue weighted by atomic mass is 10.1. The quantitative estimate of drug-likeness (QED) is 0.201. The number of amides is 1. The maximum Gasteiger partial charge on any atom is 0.250 e. The SMILES string of the molecule is COc1ccc(/C=N/NC(=O)CSc2nnc(SCc3cccc4ccccc34)s2)cc1. The van der Waals surface area contributed by atoms with Gasteiger partial charge < -0.3 is 4.74 Å². The van der Waals surface area contributed by atoms with Crippen LogP contribution >= 0.6 is 34.9 Å². The number of thioether (sulfide) groups is 2. The average Bonchev–Trinajstić information content (AvgIpc) is 3.30. The molecule has 32 heavy (non-hydrogen) atoms. The van der Waals surface area contributed by atoms with Gasteiger partial charge in [0.1, 0.15) is 5.75 Å². The molecule has 0 bridgehead atoms. The Morgan fingerprint density at radius 3 is 2.59 bits per heavy atom. The van der Waals surface area contributed by atoms with E-state index in [1.54, 1.807) is 25.1 Å². The van der Waals surface area contributed by atoms with E-state index >= 15 is 0 Å². The number of benzene rings is 3. The summed E-state index contributed by atoms with van der Waals surface area (Å²) in [6.07, 6.45) is 1.59. The Morgan fingerprint density at radius 1 is 1.03 bits per heavy atom. The van der Waals surface area contributed by atoms with Crippen molar-refractivity contribution in [3.8, 4) is 5.75 Å². The van der Waals surface area contributed by atoms with Crippen molar-refractivity contribution in [2.45, 2.75) is 14.4 Å². The second kappa shape index (κ2) is 11.1. The van der Waals surface area contributed by atoms with Crippen molar-refractivity contribution in [1.29, 1.82) is 0 Å². The minimum atomic E-state index is -0.195. The van der Waals surface area contributed by atoms with Gasteiger partial charge in [0.2, 0.25) is 0 Å². The van der Waals surface area contributed by atoms with Crippen molar-refractivity contribution in [3.63, 3.8) is 0 Å². The third-order valence-electron chi connectivity index (χ3n) is 4.46.